The van der Waals surface area contributed by atoms with E-state index < -0.39 is 34.9 Å². The van der Waals surface area contributed by atoms with Gasteiger partial charge < -0.3 is 5.11 Å². The zero-order valence-electron chi connectivity index (χ0n) is 10.4. The van der Waals surface area contributed by atoms with Gasteiger partial charge in [0.1, 0.15) is 0 Å². The number of ketones is 1. The summed E-state index contributed by atoms with van der Waals surface area (Å²) in [4.78, 5) is 11.0. The number of halogens is 6. The van der Waals surface area contributed by atoms with E-state index in [-0.39, 0.29) is 5.56 Å². The topological polar surface area (TPSA) is 37.3 Å². The molecule has 0 fully saturated rings. The first-order valence-corrected chi connectivity index (χ1v) is 5.30. The maximum absolute atomic E-state index is 12.7. The number of hydrogen-bond acceptors (Lipinski definition) is 2. The van der Waals surface area contributed by atoms with Crippen molar-refractivity contribution in [2.24, 2.45) is 0 Å². The van der Waals surface area contributed by atoms with Crippen molar-refractivity contribution in [2.45, 2.75) is 31.8 Å². The molecule has 0 saturated carbocycles. The molecule has 0 saturated heterocycles. The van der Waals surface area contributed by atoms with Crippen LogP contribution in [0.3, 0.4) is 0 Å². The molecule has 0 amide bonds. The average molecular weight is 300 g/mol. The monoisotopic (exact) mass is 300 g/mol. The molecule has 0 aromatic heterocycles. The average Bonchev–Trinajstić information content (AvgIpc) is 2.24. The third-order valence-corrected chi connectivity index (χ3v) is 2.84. The Labute approximate surface area is 110 Å². The van der Waals surface area contributed by atoms with Crippen LogP contribution in [0.2, 0.25) is 0 Å². The van der Waals surface area contributed by atoms with Crippen LogP contribution in [-0.2, 0) is 5.60 Å². The largest absolute Gasteiger partial charge is 0.430 e. The Morgan fingerprint density at radius 2 is 1.50 bits per heavy atom. The highest BCUT2D eigenvalue weighted by molar-refractivity contribution is 5.94. The van der Waals surface area contributed by atoms with Gasteiger partial charge in [0.15, 0.2) is 5.78 Å². The Bertz CT molecular complexity index is 516. The SMILES string of the molecule is CC(=O)c1ccc(C(O)(C(F)(F)F)C(F)(F)F)c(C)c1. The summed E-state index contributed by atoms with van der Waals surface area (Å²) in [5.41, 5.74) is -6.84. The number of carbonyl (C=O) groups excluding carboxylic acids is 1. The van der Waals surface area contributed by atoms with Crippen molar-refractivity contribution in [1.82, 2.24) is 0 Å². The van der Waals surface area contributed by atoms with Gasteiger partial charge in [-0.25, -0.2) is 0 Å². The predicted octanol–water partition coefficient (Wildman–Crippen LogP) is 3.51. The maximum atomic E-state index is 12.7. The molecule has 0 unspecified atom stereocenters. The Kier molecular flexibility index (Phi) is 3.93. The molecular formula is C12H10F6O2. The highest BCUT2D eigenvalue weighted by Gasteiger charge is 2.71. The van der Waals surface area contributed by atoms with Crippen molar-refractivity contribution in [3.63, 3.8) is 0 Å². The second-order valence-corrected chi connectivity index (χ2v) is 4.29. The third-order valence-electron chi connectivity index (χ3n) is 2.84. The van der Waals surface area contributed by atoms with Crippen LogP contribution in [0.25, 0.3) is 0 Å². The normalized spacial score (nSPS) is 13.4. The number of hydrogen-bond donors (Lipinski definition) is 1. The molecule has 0 atom stereocenters. The van der Waals surface area contributed by atoms with Gasteiger partial charge in [-0.1, -0.05) is 12.1 Å². The standard InChI is InChI=1S/C12H10F6O2/c1-6-5-8(7(2)19)3-4-9(6)10(20,11(13,14)15)12(16,17)18/h3-5,20H,1-2H3. The fourth-order valence-electron chi connectivity index (χ4n) is 1.75. The van der Waals surface area contributed by atoms with E-state index in [0.29, 0.717) is 6.07 Å². The first kappa shape index (κ1) is 16.5. The molecule has 20 heavy (non-hydrogen) atoms. The quantitative estimate of drug-likeness (QED) is 0.670. The molecule has 1 N–H and O–H groups in total. The van der Waals surface area contributed by atoms with Crippen molar-refractivity contribution in [1.29, 1.82) is 0 Å². The molecule has 0 spiro atoms. The lowest BCUT2D eigenvalue weighted by molar-refractivity contribution is -0.376. The number of aliphatic hydroxyl groups is 1. The van der Waals surface area contributed by atoms with Crippen LogP contribution in [0.4, 0.5) is 26.3 Å². The van der Waals surface area contributed by atoms with Crippen LogP contribution < -0.4 is 0 Å². The van der Waals surface area contributed by atoms with E-state index in [1.807, 2.05) is 0 Å². The zero-order chi connectivity index (χ0) is 15.9. The highest BCUT2D eigenvalue weighted by atomic mass is 19.4. The Morgan fingerprint density at radius 3 is 1.80 bits per heavy atom. The number of aryl methyl sites for hydroxylation is 1. The summed E-state index contributed by atoms with van der Waals surface area (Å²) in [5, 5.41) is 9.23. The van der Waals surface area contributed by atoms with E-state index >= 15 is 0 Å². The Hall–Kier alpha value is -1.57. The molecule has 1 rings (SSSR count). The highest BCUT2D eigenvalue weighted by Crippen LogP contribution is 2.50. The molecule has 1 aromatic carbocycles. The number of alkyl halides is 6. The molecule has 0 aliphatic rings. The van der Waals surface area contributed by atoms with Crippen LogP contribution in [0.1, 0.15) is 28.4 Å². The molecule has 0 radical (unpaired) electrons. The number of benzene rings is 1. The zero-order valence-corrected chi connectivity index (χ0v) is 10.4. The Balaban J connectivity index is 3.57. The fourth-order valence-corrected chi connectivity index (χ4v) is 1.75. The first-order chi connectivity index (χ1) is 8.82. The molecule has 1 aromatic rings. The lowest BCUT2D eigenvalue weighted by Gasteiger charge is -2.33. The first-order valence-electron chi connectivity index (χ1n) is 5.30. The summed E-state index contributed by atoms with van der Waals surface area (Å²) in [7, 11) is 0. The van der Waals surface area contributed by atoms with Crippen molar-refractivity contribution in [2.75, 3.05) is 0 Å². The van der Waals surface area contributed by atoms with Gasteiger partial charge in [-0.3, -0.25) is 4.79 Å². The lowest BCUT2D eigenvalue weighted by atomic mass is 9.87. The van der Waals surface area contributed by atoms with Gasteiger partial charge in [-0.05, 0) is 25.5 Å². The molecular weight excluding hydrogens is 290 g/mol. The van der Waals surface area contributed by atoms with Crippen molar-refractivity contribution < 1.29 is 36.2 Å². The third kappa shape index (κ3) is 2.52. The summed E-state index contributed by atoms with van der Waals surface area (Å²) < 4.78 is 76.1. The van der Waals surface area contributed by atoms with Crippen molar-refractivity contribution >= 4 is 5.78 Å². The second-order valence-electron chi connectivity index (χ2n) is 4.29. The number of carbonyl (C=O) groups is 1. The van der Waals surface area contributed by atoms with Gasteiger partial charge in [0.2, 0.25) is 0 Å². The van der Waals surface area contributed by atoms with E-state index in [1.54, 1.807) is 0 Å². The minimum absolute atomic E-state index is 0.0436. The van der Waals surface area contributed by atoms with E-state index in [1.165, 1.54) is 0 Å². The molecule has 0 aliphatic heterocycles. The fraction of sp³-hybridized carbons (Fsp3) is 0.417. The second kappa shape index (κ2) is 4.76. The van der Waals surface area contributed by atoms with Crippen molar-refractivity contribution in [3.05, 3.63) is 34.9 Å². The lowest BCUT2D eigenvalue weighted by Crippen LogP contribution is -2.54. The van der Waals surface area contributed by atoms with E-state index in [9.17, 15) is 36.2 Å². The maximum Gasteiger partial charge on any atom is 0.430 e. The smallest absolute Gasteiger partial charge is 0.369 e. The van der Waals surface area contributed by atoms with Crippen LogP contribution in [0, 0.1) is 6.92 Å². The molecule has 8 heteroatoms. The molecule has 0 aliphatic carbocycles. The summed E-state index contributed by atoms with van der Waals surface area (Å²) in [5.74, 6) is -0.512. The van der Waals surface area contributed by atoms with Gasteiger partial charge in [-0.15, -0.1) is 0 Å². The molecule has 2 nitrogen and oxygen atoms in total. The summed E-state index contributed by atoms with van der Waals surface area (Å²) in [6.07, 6.45) is -11.9. The minimum Gasteiger partial charge on any atom is -0.369 e. The van der Waals surface area contributed by atoms with Gasteiger partial charge in [0.25, 0.3) is 5.60 Å². The van der Waals surface area contributed by atoms with Gasteiger partial charge in [0, 0.05) is 11.1 Å². The van der Waals surface area contributed by atoms with E-state index in [4.69, 9.17) is 0 Å². The summed E-state index contributed by atoms with van der Waals surface area (Å²) in [6, 6.07) is 2.15. The minimum atomic E-state index is -5.94. The van der Waals surface area contributed by atoms with Crippen LogP contribution in [0.15, 0.2) is 18.2 Å². The van der Waals surface area contributed by atoms with Crippen molar-refractivity contribution in [3.8, 4) is 0 Å². The van der Waals surface area contributed by atoms with Gasteiger partial charge >= 0.3 is 12.4 Å². The summed E-state index contributed by atoms with van der Waals surface area (Å²) in [6.45, 7) is 2.08. The number of rotatable bonds is 2. The molecule has 112 valence electrons. The Morgan fingerprint density at radius 1 is 1.05 bits per heavy atom. The molecule has 0 heterocycles. The van der Waals surface area contributed by atoms with Crippen LogP contribution in [0.5, 0.6) is 0 Å². The van der Waals surface area contributed by atoms with Gasteiger partial charge in [-0.2, -0.15) is 26.3 Å². The molecule has 0 bridgehead atoms. The van der Waals surface area contributed by atoms with E-state index in [2.05, 4.69) is 0 Å². The van der Waals surface area contributed by atoms with Crippen LogP contribution in [-0.4, -0.2) is 23.2 Å². The number of Topliss-reactive ketones (excluding diaryl/α,β-unsaturated/α-hetero) is 1. The summed E-state index contributed by atoms with van der Waals surface area (Å²) >= 11 is 0. The predicted molar refractivity (Wildman–Crippen MR) is 57.2 cm³/mol. The van der Waals surface area contributed by atoms with Crippen LogP contribution >= 0.6 is 0 Å². The van der Waals surface area contributed by atoms with Gasteiger partial charge in [0.05, 0.1) is 0 Å². The van der Waals surface area contributed by atoms with E-state index in [0.717, 1.165) is 26.0 Å².